The molecule has 0 unspecified atom stereocenters. The maximum Gasteiger partial charge on any atom is 0.135 e. The fourth-order valence-corrected chi connectivity index (χ4v) is 5.83. The SMILES string of the molecule is [2H]c1c([2H])c([2H])c2c(c1[2H])-c1c([2H])c(-c3c4c([2H])c([2H])c([2H])c([2H])c4c(-c4c([2H])c([2H])c5oc6c([2H])c([2H])c([2H])c([2H])c6c5c4[2H])c4c([2H])c([2H])c([2H])c([2H])c34)c([2H])c([2H])c1C2(C)C. The van der Waals surface area contributed by atoms with Gasteiger partial charge in [0.25, 0.3) is 0 Å². The van der Waals surface area contributed by atoms with E-state index in [0.717, 1.165) is 0 Å². The Morgan fingerprint density at radius 3 is 1.64 bits per heavy atom. The molecular weight excluding hydrogens is 508 g/mol. The minimum Gasteiger partial charge on any atom is -0.456 e. The zero-order valence-electron chi connectivity index (χ0n) is 43.9. The lowest BCUT2D eigenvalue weighted by atomic mass is 9.81. The lowest BCUT2D eigenvalue weighted by Gasteiger charge is -2.22. The molecule has 8 aromatic rings. The van der Waals surface area contributed by atoms with E-state index in [9.17, 15) is 12.3 Å². The summed E-state index contributed by atoms with van der Waals surface area (Å²) in [7, 11) is 0. The summed E-state index contributed by atoms with van der Waals surface area (Å²) in [5.74, 6) is 0. The molecule has 9 rings (SSSR count). The summed E-state index contributed by atoms with van der Waals surface area (Å²) in [6, 6.07) is -16.5. The normalized spacial score (nSPS) is 21.0. The Bertz CT molecular complexity index is 3520. The van der Waals surface area contributed by atoms with Gasteiger partial charge in [-0.1, -0.05) is 123 Å². The average Bonchev–Trinajstić information content (AvgIpc) is 3.78. The van der Waals surface area contributed by atoms with Crippen LogP contribution in [0.3, 0.4) is 0 Å². The fourth-order valence-electron chi connectivity index (χ4n) is 5.83. The Kier molecular flexibility index (Phi) is 2.13. The highest BCUT2D eigenvalue weighted by molar-refractivity contribution is 6.22. The molecule has 1 aliphatic rings. The van der Waals surface area contributed by atoms with E-state index < -0.39 is 199 Å². The molecule has 0 amide bonds. The molecular formula is C41H28O. The van der Waals surface area contributed by atoms with Crippen molar-refractivity contribution in [2.24, 2.45) is 0 Å². The molecule has 0 aliphatic heterocycles. The first-order valence-corrected chi connectivity index (χ1v) is 12.9. The topological polar surface area (TPSA) is 13.1 Å². The van der Waals surface area contributed by atoms with E-state index in [1.54, 1.807) is 13.8 Å². The lowest BCUT2D eigenvalue weighted by molar-refractivity contribution is 0.660. The second-order valence-corrected chi connectivity index (χ2v) is 10.4. The van der Waals surface area contributed by atoms with E-state index in [4.69, 9.17) is 22.2 Å². The van der Waals surface area contributed by atoms with E-state index in [1.165, 1.54) is 0 Å². The monoisotopic (exact) mass is 558 g/mol. The van der Waals surface area contributed by atoms with Crippen LogP contribution in [0.4, 0.5) is 0 Å². The van der Waals surface area contributed by atoms with Gasteiger partial charge in [0, 0.05) is 16.2 Å². The number of furan rings is 1. The highest BCUT2D eigenvalue weighted by Crippen LogP contribution is 2.51. The highest BCUT2D eigenvalue weighted by Gasteiger charge is 2.35. The van der Waals surface area contributed by atoms with Crippen molar-refractivity contribution in [3.63, 3.8) is 0 Å². The zero-order valence-corrected chi connectivity index (χ0v) is 21.9. The molecule has 0 N–H and O–H groups in total. The largest absolute Gasteiger partial charge is 0.456 e. The number of rotatable bonds is 2. The van der Waals surface area contributed by atoms with Crippen molar-refractivity contribution in [2.45, 2.75) is 19.3 Å². The van der Waals surface area contributed by atoms with Crippen LogP contribution in [0, 0.1) is 0 Å². The van der Waals surface area contributed by atoms with Gasteiger partial charge in [-0.25, -0.2) is 0 Å². The Morgan fingerprint density at radius 1 is 0.452 bits per heavy atom. The quantitative estimate of drug-likeness (QED) is 0.192. The number of hydrogen-bond acceptors (Lipinski definition) is 1. The minimum atomic E-state index is -1.40. The van der Waals surface area contributed by atoms with Crippen LogP contribution in [0.5, 0.6) is 0 Å². The molecule has 0 bridgehead atoms. The summed E-state index contributed by atoms with van der Waals surface area (Å²) < 4.78 is 204. The Morgan fingerprint density at radius 2 is 0.952 bits per heavy atom. The van der Waals surface area contributed by atoms with Crippen LogP contribution in [0.1, 0.15) is 55.1 Å². The Hall–Kier alpha value is -5.14. The first-order valence-electron chi connectivity index (χ1n) is 23.9. The summed E-state index contributed by atoms with van der Waals surface area (Å²) in [6.45, 7) is 3.12. The Labute approximate surface area is 275 Å². The summed E-state index contributed by atoms with van der Waals surface area (Å²) in [4.78, 5) is 0. The second-order valence-electron chi connectivity index (χ2n) is 10.4. The van der Waals surface area contributed by atoms with Crippen molar-refractivity contribution in [1.82, 2.24) is 0 Å². The van der Waals surface area contributed by atoms with Crippen LogP contribution in [0.2, 0.25) is 0 Å². The molecule has 7 aromatic carbocycles. The van der Waals surface area contributed by atoms with Gasteiger partial charge in [0.15, 0.2) is 0 Å². The van der Waals surface area contributed by atoms with E-state index >= 15 is 0 Å². The average molecular weight is 559 g/mol. The molecule has 198 valence electrons. The number of benzene rings is 7. The van der Waals surface area contributed by atoms with Crippen molar-refractivity contribution in [1.29, 1.82) is 0 Å². The first kappa shape index (κ1) is 10.6. The summed E-state index contributed by atoms with van der Waals surface area (Å²) in [6.07, 6.45) is 0. The summed E-state index contributed by atoms with van der Waals surface area (Å²) in [5.41, 5.74) is -5.14. The maximum atomic E-state index is 9.83. The van der Waals surface area contributed by atoms with Crippen LogP contribution in [0.25, 0.3) is 76.9 Å². The molecule has 0 atom stereocenters. The van der Waals surface area contributed by atoms with Crippen molar-refractivity contribution in [3.8, 4) is 33.4 Å². The van der Waals surface area contributed by atoms with Gasteiger partial charge >= 0.3 is 0 Å². The number of para-hydroxylation sites is 1. The van der Waals surface area contributed by atoms with Crippen LogP contribution >= 0.6 is 0 Å². The van der Waals surface area contributed by atoms with Gasteiger partial charge in [-0.3, -0.25) is 0 Å². The zero-order chi connectivity index (χ0) is 47.1. The van der Waals surface area contributed by atoms with Gasteiger partial charge in [-0.15, -0.1) is 0 Å². The first-order chi connectivity index (χ1) is 29.8. The molecule has 0 saturated carbocycles. The van der Waals surface area contributed by atoms with Gasteiger partial charge in [0.2, 0.25) is 0 Å². The number of fused-ring (bicyclic) bond motifs is 8. The molecule has 1 heteroatoms. The Balaban J connectivity index is 1.61. The summed E-state index contributed by atoms with van der Waals surface area (Å²) in [5, 5.41) is -3.14. The van der Waals surface area contributed by atoms with E-state index in [-0.39, 0.29) is 27.6 Å². The van der Waals surface area contributed by atoms with Gasteiger partial charge < -0.3 is 4.42 Å². The predicted molar refractivity (Wildman–Crippen MR) is 177 cm³/mol. The molecule has 0 fully saturated rings. The lowest BCUT2D eigenvalue weighted by Crippen LogP contribution is -2.14. The van der Waals surface area contributed by atoms with Crippen molar-refractivity contribution >= 4 is 43.5 Å². The highest BCUT2D eigenvalue weighted by atomic mass is 16.3. The smallest absolute Gasteiger partial charge is 0.135 e. The molecule has 0 radical (unpaired) electrons. The molecule has 1 aromatic heterocycles. The molecule has 0 spiro atoms. The van der Waals surface area contributed by atoms with Crippen LogP contribution in [-0.2, 0) is 5.41 Å². The molecule has 1 aliphatic carbocycles. The second kappa shape index (κ2) is 8.44. The van der Waals surface area contributed by atoms with Crippen LogP contribution < -0.4 is 0 Å². The molecule has 1 nitrogen and oxygen atoms in total. The predicted octanol–water partition coefficient (Wildman–Crippen LogP) is 11.5. The minimum absolute atomic E-state index is 0.0186. The summed E-state index contributed by atoms with van der Waals surface area (Å²) >= 11 is 0. The van der Waals surface area contributed by atoms with Crippen molar-refractivity contribution < 1.29 is 34.6 Å². The fraction of sp³-hybridized carbons (Fsp3) is 0.0732. The molecule has 0 saturated heterocycles. The van der Waals surface area contributed by atoms with E-state index in [0.29, 0.717) is 0 Å². The van der Waals surface area contributed by atoms with Gasteiger partial charge in [-0.05, 0) is 90.2 Å². The third-order valence-corrected chi connectivity index (χ3v) is 7.76. The van der Waals surface area contributed by atoms with Gasteiger partial charge in [-0.2, -0.15) is 0 Å². The van der Waals surface area contributed by atoms with Crippen LogP contribution in [-0.4, -0.2) is 0 Å². The standard InChI is InChI=1S/C41H28O/c1-41(2)35-17-9-7-11-27(35)33-23-25(19-21-36(33)41)39-29-13-3-5-15-31(29)40(32-16-6-4-14-30(32)39)26-20-22-38-34(24-26)28-12-8-10-18-37(28)42-38/h3-24H,1-2H3/i3D,4D,5D,6D,7D,8D,9D,10D,11D,12D,13D,14D,15D,16D,17D,18D,19D,20D,21D,22D,23D,24D. The van der Waals surface area contributed by atoms with E-state index in [1.807, 2.05) is 0 Å². The molecule has 1 heterocycles. The van der Waals surface area contributed by atoms with Gasteiger partial charge in [0.1, 0.15) is 11.2 Å². The maximum absolute atomic E-state index is 9.83. The van der Waals surface area contributed by atoms with Crippen molar-refractivity contribution in [3.05, 3.63) is 144 Å². The van der Waals surface area contributed by atoms with Crippen molar-refractivity contribution in [2.75, 3.05) is 0 Å². The molecule has 42 heavy (non-hydrogen) atoms. The third kappa shape index (κ3) is 3.14. The van der Waals surface area contributed by atoms with Gasteiger partial charge in [0.05, 0.1) is 30.2 Å². The van der Waals surface area contributed by atoms with Crippen LogP contribution in [0.15, 0.2) is 137 Å². The van der Waals surface area contributed by atoms with E-state index in [2.05, 4.69) is 0 Å². The third-order valence-electron chi connectivity index (χ3n) is 7.76. The number of hydrogen-bond donors (Lipinski definition) is 0.